The van der Waals surface area contributed by atoms with Crippen molar-refractivity contribution in [3.63, 3.8) is 0 Å². The SMILES string of the molecule is CCCCN1C(=O)c2ccc(C(=O)Nc3ccc(NS(C)(=O)=O)cc3)cc2C1=O. The van der Waals surface area contributed by atoms with E-state index in [1.807, 2.05) is 6.92 Å². The molecule has 1 aliphatic heterocycles. The predicted octanol–water partition coefficient (Wildman–Crippen LogP) is 2.71. The second-order valence-electron chi connectivity index (χ2n) is 6.78. The number of hydrogen-bond acceptors (Lipinski definition) is 5. The first kappa shape index (κ1) is 20.5. The van der Waals surface area contributed by atoms with Crippen molar-refractivity contribution in [3.05, 3.63) is 59.2 Å². The minimum atomic E-state index is -3.38. The van der Waals surface area contributed by atoms with Gasteiger partial charge in [0, 0.05) is 23.5 Å². The van der Waals surface area contributed by atoms with Crippen LogP contribution in [0, 0.1) is 0 Å². The van der Waals surface area contributed by atoms with Crippen molar-refractivity contribution in [1.82, 2.24) is 4.90 Å². The fraction of sp³-hybridized carbons (Fsp3) is 0.250. The highest BCUT2D eigenvalue weighted by atomic mass is 32.2. The van der Waals surface area contributed by atoms with E-state index in [0.29, 0.717) is 23.5 Å². The molecule has 2 N–H and O–H groups in total. The van der Waals surface area contributed by atoms with E-state index in [-0.39, 0.29) is 22.9 Å². The molecule has 3 amide bonds. The molecule has 152 valence electrons. The quantitative estimate of drug-likeness (QED) is 0.675. The van der Waals surface area contributed by atoms with Gasteiger partial charge in [-0.1, -0.05) is 13.3 Å². The molecule has 0 spiro atoms. The Kier molecular flexibility index (Phi) is 5.69. The number of anilines is 2. The molecule has 0 saturated carbocycles. The molecule has 0 radical (unpaired) electrons. The lowest BCUT2D eigenvalue weighted by Crippen LogP contribution is -2.30. The van der Waals surface area contributed by atoms with E-state index in [4.69, 9.17) is 0 Å². The second kappa shape index (κ2) is 8.04. The van der Waals surface area contributed by atoms with E-state index in [1.54, 1.807) is 12.1 Å². The van der Waals surface area contributed by atoms with Gasteiger partial charge in [0.15, 0.2) is 0 Å². The van der Waals surface area contributed by atoms with Gasteiger partial charge in [-0.15, -0.1) is 0 Å². The van der Waals surface area contributed by atoms with Crippen molar-refractivity contribution in [2.45, 2.75) is 19.8 Å². The highest BCUT2D eigenvalue weighted by Gasteiger charge is 2.35. The van der Waals surface area contributed by atoms with Crippen LogP contribution in [0.5, 0.6) is 0 Å². The Hall–Kier alpha value is -3.20. The molecular weight excluding hydrogens is 394 g/mol. The molecule has 8 nitrogen and oxygen atoms in total. The molecule has 0 aromatic heterocycles. The zero-order valence-electron chi connectivity index (χ0n) is 16.1. The summed E-state index contributed by atoms with van der Waals surface area (Å²) in [7, 11) is -3.38. The van der Waals surface area contributed by atoms with Gasteiger partial charge < -0.3 is 5.32 Å². The molecule has 0 aliphatic carbocycles. The molecule has 0 atom stereocenters. The lowest BCUT2D eigenvalue weighted by molar-refractivity contribution is 0.0652. The molecule has 1 aliphatic rings. The van der Waals surface area contributed by atoms with E-state index in [0.717, 1.165) is 19.1 Å². The number of imide groups is 1. The van der Waals surface area contributed by atoms with Crippen molar-refractivity contribution in [3.8, 4) is 0 Å². The lowest BCUT2D eigenvalue weighted by atomic mass is 10.1. The average molecular weight is 415 g/mol. The lowest BCUT2D eigenvalue weighted by Gasteiger charge is -2.12. The number of fused-ring (bicyclic) bond motifs is 1. The van der Waals surface area contributed by atoms with Crippen LogP contribution in [0.15, 0.2) is 42.5 Å². The number of sulfonamides is 1. The van der Waals surface area contributed by atoms with Crippen molar-refractivity contribution in [2.75, 3.05) is 22.8 Å². The Morgan fingerprint density at radius 3 is 2.21 bits per heavy atom. The molecule has 0 fully saturated rings. The third-order valence-electron chi connectivity index (χ3n) is 4.41. The maximum atomic E-state index is 12.5. The van der Waals surface area contributed by atoms with Gasteiger partial charge in [0.2, 0.25) is 10.0 Å². The monoisotopic (exact) mass is 415 g/mol. The molecule has 3 rings (SSSR count). The zero-order valence-corrected chi connectivity index (χ0v) is 16.9. The van der Waals surface area contributed by atoms with Crippen molar-refractivity contribution in [1.29, 1.82) is 0 Å². The number of rotatable bonds is 7. The van der Waals surface area contributed by atoms with Crippen molar-refractivity contribution in [2.24, 2.45) is 0 Å². The van der Waals surface area contributed by atoms with Crippen LogP contribution in [0.3, 0.4) is 0 Å². The minimum absolute atomic E-state index is 0.228. The summed E-state index contributed by atoms with van der Waals surface area (Å²) in [6.07, 6.45) is 2.63. The number of carbonyl (C=O) groups is 3. The van der Waals surface area contributed by atoms with Crippen LogP contribution in [0.2, 0.25) is 0 Å². The van der Waals surface area contributed by atoms with Gasteiger partial charge in [-0.3, -0.25) is 24.0 Å². The van der Waals surface area contributed by atoms with Crippen LogP contribution in [-0.2, 0) is 10.0 Å². The van der Waals surface area contributed by atoms with E-state index < -0.39 is 15.9 Å². The Bertz CT molecular complexity index is 1080. The third-order valence-corrected chi connectivity index (χ3v) is 5.02. The van der Waals surface area contributed by atoms with Gasteiger partial charge in [0.1, 0.15) is 0 Å². The highest BCUT2D eigenvalue weighted by molar-refractivity contribution is 7.92. The molecule has 29 heavy (non-hydrogen) atoms. The fourth-order valence-electron chi connectivity index (χ4n) is 2.99. The standard InChI is InChI=1S/C20H21N3O5S/c1-3-4-11-23-19(25)16-10-5-13(12-17(16)20(23)26)18(24)21-14-6-8-15(9-7-14)22-29(2,27)28/h5-10,12,22H,3-4,11H2,1-2H3,(H,21,24). The summed E-state index contributed by atoms with van der Waals surface area (Å²) < 4.78 is 24.8. The highest BCUT2D eigenvalue weighted by Crippen LogP contribution is 2.25. The van der Waals surface area contributed by atoms with Gasteiger partial charge in [0.05, 0.1) is 17.4 Å². The molecule has 0 bridgehead atoms. The average Bonchev–Trinajstić information content (AvgIpc) is 2.90. The number of nitrogens with one attached hydrogen (secondary N) is 2. The first-order chi connectivity index (χ1) is 13.7. The summed E-state index contributed by atoms with van der Waals surface area (Å²) in [6, 6.07) is 10.6. The van der Waals surface area contributed by atoms with Gasteiger partial charge in [-0.2, -0.15) is 0 Å². The van der Waals surface area contributed by atoms with Crippen LogP contribution in [0.25, 0.3) is 0 Å². The number of carbonyl (C=O) groups excluding carboxylic acids is 3. The summed E-state index contributed by atoms with van der Waals surface area (Å²) in [4.78, 5) is 38.6. The van der Waals surface area contributed by atoms with Gasteiger partial charge in [-0.25, -0.2) is 8.42 Å². The Morgan fingerprint density at radius 1 is 0.966 bits per heavy atom. The van der Waals surface area contributed by atoms with Crippen LogP contribution in [-0.4, -0.2) is 43.8 Å². The molecule has 9 heteroatoms. The topological polar surface area (TPSA) is 113 Å². The Labute approximate surface area is 169 Å². The Morgan fingerprint density at radius 2 is 1.59 bits per heavy atom. The van der Waals surface area contributed by atoms with E-state index in [9.17, 15) is 22.8 Å². The summed E-state index contributed by atoms with van der Waals surface area (Å²) >= 11 is 0. The minimum Gasteiger partial charge on any atom is -0.322 e. The largest absolute Gasteiger partial charge is 0.322 e. The molecule has 2 aromatic carbocycles. The van der Waals surface area contributed by atoms with Crippen LogP contribution >= 0.6 is 0 Å². The first-order valence-electron chi connectivity index (χ1n) is 9.09. The number of hydrogen-bond donors (Lipinski definition) is 2. The normalized spacial score (nSPS) is 13.4. The van der Waals surface area contributed by atoms with Crippen LogP contribution < -0.4 is 10.0 Å². The van der Waals surface area contributed by atoms with E-state index >= 15 is 0 Å². The molecule has 0 saturated heterocycles. The van der Waals surface area contributed by atoms with E-state index in [1.165, 1.54) is 35.2 Å². The number of amides is 3. The van der Waals surface area contributed by atoms with Gasteiger partial charge in [-0.05, 0) is 48.9 Å². The fourth-order valence-corrected chi connectivity index (χ4v) is 3.55. The van der Waals surface area contributed by atoms with Crippen LogP contribution in [0.4, 0.5) is 11.4 Å². The first-order valence-corrected chi connectivity index (χ1v) is 11.0. The third kappa shape index (κ3) is 4.62. The zero-order chi connectivity index (χ0) is 21.2. The summed E-state index contributed by atoms with van der Waals surface area (Å²) in [6.45, 7) is 2.34. The molecule has 1 heterocycles. The summed E-state index contributed by atoms with van der Waals surface area (Å²) in [5.74, 6) is -1.16. The smallest absolute Gasteiger partial charge is 0.261 e. The number of nitrogens with zero attached hydrogens (tertiary/aromatic N) is 1. The van der Waals surface area contributed by atoms with Crippen molar-refractivity contribution < 1.29 is 22.8 Å². The number of unbranched alkanes of at least 4 members (excludes halogenated alkanes) is 1. The van der Waals surface area contributed by atoms with Crippen LogP contribution in [0.1, 0.15) is 50.8 Å². The molecule has 2 aromatic rings. The summed E-state index contributed by atoms with van der Waals surface area (Å²) in [5.41, 5.74) is 1.62. The maximum Gasteiger partial charge on any atom is 0.261 e. The molecular formula is C20H21N3O5S. The summed E-state index contributed by atoms with van der Waals surface area (Å²) in [5, 5.41) is 2.68. The van der Waals surface area contributed by atoms with Crippen molar-refractivity contribution >= 4 is 39.1 Å². The van der Waals surface area contributed by atoms with Gasteiger partial charge in [0.25, 0.3) is 17.7 Å². The second-order valence-corrected chi connectivity index (χ2v) is 8.53. The Balaban J connectivity index is 1.74. The maximum absolute atomic E-state index is 12.5. The van der Waals surface area contributed by atoms with Gasteiger partial charge >= 0.3 is 0 Å². The molecule has 0 unspecified atom stereocenters. The predicted molar refractivity (Wildman–Crippen MR) is 110 cm³/mol. The number of benzene rings is 2. The van der Waals surface area contributed by atoms with E-state index in [2.05, 4.69) is 10.0 Å².